The monoisotopic (exact) mass is 340 g/mol. The summed E-state index contributed by atoms with van der Waals surface area (Å²) in [7, 11) is -3.56. The van der Waals surface area contributed by atoms with Crippen LogP contribution >= 0.6 is 11.3 Å². The molecule has 0 radical (unpaired) electrons. The summed E-state index contributed by atoms with van der Waals surface area (Å²) in [6.45, 7) is 5.09. The Bertz CT molecular complexity index is 793. The molecule has 3 N–H and O–H groups in total. The fourth-order valence-corrected chi connectivity index (χ4v) is 4.44. The number of nitrogens with one attached hydrogen (secondary N) is 1. The minimum atomic E-state index is -3.56. The average molecular weight is 340 g/mol. The smallest absolute Gasteiger partial charge is 0.276 e. The summed E-state index contributed by atoms with van der Waals surface area (Å²) >= 11 is 1.64. The van der Waals surface area contributed by atoms with Gasteiger partial charge in [-0.25, -0.2) is 10.1 Å². The maximum Gasteiger partial charge on any atom is 0.276 e. The highest BCUT2D eigenvalue weighted by molar-refractivity contribution is 7.86. The van der Waals surface area contributed by atoms with Crippen molar-refractivity contribution in [3.63, 3.8) is 0 Å². The van der Waals surface area contributed by atoms with Gasteiger partial charge in [-0.05, 0) is 43.9 Å². The molecule has 3 rings (SSSR count). The van der Waals surface area contributed by atoms with E-state index in [4.69, 9.17) is 5.14 Å². The number of benzene rings is 1. The van der Waals surface area contributed by atoms with Gasteiger partial charge in [-0.3, -0.25) is 0 Å². The lowest BCUT2D eigenvalue weighted by Gasteiger charge is -2.30. The highest BCUT2D eigenvalue weighted by atomic mass is 32.2. The van der Waals surface area contributed by atoms with Gasteiger partial charge in [0.15, 0.2) is 5.13 Å². The van der Waals surface area contributed by atoms with Gasteiger partial charge in [0.2, 0.25) is 0 Å². The SMILES string of the molecule is Cc1ccc2sc(NC3CCN(S(N)(=O)=O)CC3)nc2c1C. The second-order valence-electron chi connectivity index (χ2n) is 5.74. The largest absolute Gasteiger partial charge is 0.359 e. The van der Waals surface area contributed by atoms with Gasteiger partial charge >= 0.3 is 0 Å². The first kappa shape index (κ1) is 15.7. The first-order valence-electron chi connectivity index (χ1n) is 7.26. The molecular weight excluding hydrogens is 320 g/mol. The molecular formula is C14H20N4O2S2. The Morgan fingerprint density at radius 2 is 2.00 bits per heavy atom. The Morgan fingerprint density at radius 3 is 2.64 bits per heavy atom. The quantitative estimate of drug-likeness (QED) is 0.894. The molecule has 0 atom stereocenters. The number of fused-ring (bicyclic) bond motifs is 1. The summed E-state index contributed by atoms with van der Waals surface area (Å²) in [5.74, 6) is 0. The van der Waals surface area contributed by atoms with Crippen LogP contribution in [0.25, 0.3) is 10.2 Å². The average Bonchev–Trinajstić information content (AvgIpc) is 2.86. The minimum Gasteiger partial charge on any atom is -0.359 e. The first-order valence-corrected chi connectivity index (χ1v) is 9.58. The topological polar surface area (TPSA) is 88.3 Å². The van der Waals surface area contributed by atoms with Gasteiger partial charge < -0.3 is 5.32 Å². The standard InChI is InChI=1S/C14H20N4O2S2/c1-9-3-4-12-13(10(9)2)17-14(21-12)16-11-5-7-18(8-6-11)22(15,19)20/h3-4,11H,5-8H2,1-2H3,(H,16,17)(H2,15,19,20). The Balaban J connectivity index is 1.71. The number of hydrogen-bond acceptors (Lipinski definition) is 5. The van der Waals surface area contributed by atoms with Crippen LogP contribution in [-0.4, -0.2) is 36.8 Å². The van der Waals surface area contributed by atoms with Crippen molar-refractivity contribution < 1.29 is 8.42 Å². The molecule has 22 heavy (non-hydrogen) atoms. The molecule has 0 unspecified atom stereocenters. The van der Waals surface area contributed by atoms with Gasteiger partial charge in [0.25, 0.3) is 10.2 Å². The number of nitrogens with two attached hydrogens (primary N) is 1. The zero-order valence-corrected chi connectivity index (χ0v) is 14.3. The van der Waals surface area contributed by atoms with E-state index in [0.717, 1.165) is 23.5 Å². The van der Waals surface area contributed by atoms with Crippen molar-refractivity contribution in [2.75, 3.05) is 18.4 Å². The van der Waals surface area contributed by atoms with Gasteiger partial charge in [0.1, 0.15) is 0 Å². The Kier molecular flexibility index (Phi) is 4.11. The van der Waals surface area contributed by atoms with E-state index in [1.54, 1.807) is 11.3 Å². The van der Waals surface area contributed by atoms with E-state index in [1.165, 1.54) is 20.1 Å². The number of nitrogens with zero attached hydrogens (tertiary/aromatic N) is 2. The highest BCUT2D eigenvalue weighted by Gasteiger charge is 2.25. The fraction of sp³-hybridized carbons (Fsp3) is 0.500. The molecule has 0 saturated carbocycles. The van der Waals surface area contributed by atoms with Crippen molar-refractivity contribution in [2.45, 2.75) is 32.7 Å². The fourth-order valence-electron chi connectivity index (χ4n) is 2.72. The lowest BCUT2D eigenvalue weighted by Crippen LogP contribution is -2.45. The molecule has 8 heteroatoms. The second kappa shape index (κ2) is 5.77. The van der Waals surface area contributed by atoms with E-state index in [9.17, 15) is 8.42 Å². The van der Waals surface area contributed by atoms with E-state index in [-0.39, 0.29) is 6.04 Å². The minimum absolute atomic E-state index is 0.236. The molecule has 6 nitrogen and oxygen atoms in total. The maximum atomic E-state index is 11.3. The lowest BCUT2D eigenvalue weighted by molar-refractivity contribution is 0.330. The van der Waals surface area contributed by atoms with Crippen molar-refractivity contribution in [2.24, 2.45) is 5.14 Å². The zero-order valence-electron chi connectivity index (χ0n) is 12.7. The van der Waals surface area contributed by atoms with Crippen LogP contribution in [0.2, 0.25) is 0 Å². The van der Waals surface area contributed by atoms with E-state index in [0.29, 0.717) is 13.1 Å². The molecule has 2 heterocycles. The molecule has 0 spiro atoms. The molecule has 1 aromatic carbocycles. The molecule has 0 amide bonds. The van der Waals surface area contributed by atoms with E-state index in [1.807, 2.05) is 0 Å². The predicted molar refractivity (Wildman–Crippen MR) is 90.4 cm³/mol. The van der Waals surface area contributed by atoms with E-state index < -0.39 is 10.2 Å². The van der Waals surface area contributed by atoms with Crippen LogP contribution in [0.4, 0.5) is 5.13 Å². The molecule has 1 aliphatic heterocycles. The number of thiazole rings is 1. The summed E-state index contributed by atoms with van der Waals surface area (Å²) in [5, 5.41) is 9.49. The van der Waals surface area contributed by atoms with Crippen molar-refractivity contribution in [3.8, 4) is 0 Å². The molecule has 0 aliphatic carbocycles. The van der Waals surface area contributed by atoms with Crippen LogP contribution in [0.5, 0.6) is 0 Å². The number of aromatic nitrogens is 1. The van der Waals surface area contributed by atoms with Crippen LogP contribution in [0.15, 0.2) is 12.1 Å². The van der Waals surface area contributed by atoms with Crippen molar-refractivity contribution >= 4 is 36.9 Å². The number of aryl methyl sites for hydroxylation is 2. The number of hydrogen-bond donors (Lipinski definition) is 2. The highest BCUT2D eigenvalue weighted by Crippen LogP contribution is 2.30. The molecule has 1 saturated heterocycles. The third kappa shape index (κ3) is 3.10. The third-order valence-corrected chi connectivity index (χ3v) is 6.26. The summed E-state index contributed by atoms with van der Waals surface area (Å²) in [5.41, 5.74) is 3.51. The summed E-state index contributed by atoms with van der Waals surface area (Å²) in [6, 6.07) is 4.45. The van der Waals surface area contributed by atoms with Crippen molar-refractivity contribution in [3.05, 3.63) is 23.3 Å². The molecule has 0 bridgehead atoms. The number of piperidine rings is 1. The Morgan fingerprint density at radius 1 is 1.32 bits per heavy atom. The molecule has 2 aromatic rings. The van der Waals surface area contributed by atoms with Crippen molar-refractivity contribution in [1.82, 2.24) is 9.29 Å². The molecule has 1 fully saturated rings. The van der Waals surface area contributed by atoms with E-state index >= 15 is 0 Å². The van der Waals surface area contributed by atoms with Gasteiger partial charge in [-0.1, -0.05) is 17.4 Å². The van der Waals surface area contributed by atoms with Gasteiger partial charge in [-0.15, -0.1) is 0 Å². The van der Waals surface area contributed by atoms with Crippen LogP contribution in [-0.2, 0) is 10.2 Å². The third-order valence-electron chi connectivity index (χ3n) is 4.23. The van der Waals surface area contributed by atoms with Gasteiger partial charge in [0.05, 0.1) is 10.2 Å². The van der Waals surface area contributed by atoms with Crippen LogP contribution < -0.4 is 10.5 Å². The molecule has 120 valence electrons. The maximum absolute atomic E-state index is 11.3. The Hall–Kier alpha value is -1.22. The molecule has 1 aromatic heterocycles. The van der Waals surface area contributed by atoms with Crippen molar-refractivity contribution in [1.29, 1.82) is 0 Å². The lowest BCUT2D eigenvalue weighted by atomic mass is 10.1. The van der Waals surface area contributed by atoms with E-state index in [2.05, 4.69) is 36.3 Å². The zero-order chi connectivity index (χ0) is 15.9. The molecule has 1 aliphatic rings. The van der Waals surface area contributed by atoms with Gasteiger partial charge in [0, 0.05) is 19.1 Å². The Labute approximate surface area is 134 Å². The normalized spacial score (nSPS) is 18.0. The van der Waals surface area contributed by atoms with Crippen LogP contribution in [0, 0.1) is 13.8 Å². The second-order valence-corrected chi connectivity index (χ2v) is 8.31. The summed E-state index contributed by atoms with van der Waals surface area (Å²) in [6.07, 6.45) is 1.48. The summed E-state index contributed by atoms with van der Waals surface area (Å²) < 4.78 is 25.1. The summed E-state index contributed by atoms with van der Waals surface area (Å²) in [4.78, 5) is 4.69. The predicted octanol–water partition coefficient (Wildman–Crippen LogP) is 1.99. The number of rotatable bonds is 3. The first-order chi connectivity index (χ1) is 10.3. The van der Waals surface area contributed by atoms with Gasteiger partial charge in [-0.2, -0.15) is 12.7 Å². The number of anilines is 1. The van der Waals surface area contributed by atoms with Crippen LogP contribution in [0.3, 0.4) is 0 Å². The van der Waals surface area contributed by atoms with Crippen LogP contribution in [0.1, 0.15) is 24.0 Å².